The van der Waals surface area contributed by atoms with Gasteiger partial charge in [0, 0.05) is 19.8 Å². The summed E-state index contributed by atoms with van der Waals surface area (Å²) in [6.07, 6.45) is 5.10. The van der Waals surface area contributed by atoms with E-state index < -0.39 is 0 Å². The van der Waals surface area contributed by atoms with E-state index in [4.69, 9.17) is 9.15 Å². The summed E-state index contributed by atoms with van der Waals surface area (Å²) in [5.74, 6) is 1.29. The molecule has 2 aromatic carbocycles. The lowest BCUT2D eigenvalue weighted by Crippen LogP contribution is -2.28. The number of carbonyl (C=O) groups is 1. The van der Waals surface area contributed by atoms with E-state index in [1.54, 1.807) is 30.6 Å². The minimum atomic E-state index is -0.142. The van der Waals surface area contributed by atoms with Gasteiger partial charge < -0.3 is 14.1 Å². The number of nitrogens with zero attached hydrogens (tertiary/aromatic N) is 4. The van der Waals surface area contributed by atoms with Crippen LogP contribution in [0.2, 0.25) is 0 Å². The maximum absolute atomic E-state index is 13.1. The van der Waals surface area contributed by atoms with Gasteiger partial charge in [-0.25, -0.2) is 0 Å². The van der Waals surface area contributed by atoms with Crippen LogP contribution in [0.3, 0.4) is 0 Å². The molecule has 8 heteroatoms. The standard InChI is InChI=1S/C25H24N4O3S/c1-28(2)20-10-6-19(7-11-20)16-26-27-25-29(17-22-5-4-14-32-22)24(30)23(33-25)15-18-8-12-21(31-3)13-9-18/h4-16H,17H2,1-3H3/b23-15-,26-16+,27-25-. The lowest BCUT2D eigenvalue weighted by molar-refractivity contribution is -0.122. The summed E-state index contributed by atoms with van der Waals surface area (Å²) in [6.45, 7) is 0.282. The van der Waals surface area contributed by atoms with Crippen LogP contribution in [-0.4, -0.2) is 43.4 Å². The third-order valence-electron chi connectivity index (χ3n) is 4.96. The van der Waals surface area contributed by atoms with Crippen molar-refractivity contribution in [1.82, 2.24) is 4.90 Å². The number of methoxy groups -OCH3 is 1. The molecule has 7 nitrogen and oxygen atoms in total. The molecule has 0 atom stereocenters. The predicted octanol–water partition coefficient (Wildman–Crippen LogP) is 4.86. The van der Waals surface area contributed by atoms with Gasteiger partial charge in [0.05, 0.1) is 31.0 Å². The Labute approximate surface area is 197 Å². The van der Waals surface area contributed by atoms with Crippen molar-refractivity contribution in [2.75, 3.05) is 26.1 Å². The molecule has 168 valence electrons. The lowest BCUT2D eigenvalue weighted by atomic mass is 10.2. The van der Waals surface area contributed by atoms with E-state index in [-0.39, 0.29) is 12.5 Å². The molecule has 4 rings (SSSR count). The highest BCUT2D eigenvalue weighted by Crippen LogP contribution is 2.34. The summed E-state index contributed by atoms with van der Waals surface area (Å²) < 4.78 is 10.6. The van der Waals surface area contributed by atoms with Gasteiger partial charge in [0.15, 0.2) is 5.17 Å². The van der Waals surface area contributed by atoms with Crippen molar-refractivity contribution in [1.29, 1.82) is 0 Å². The van der Waals surface area contributed by atoms with Crippen molar-refractivity contribution in [3.63, 3.8) is 0 Å². The van der Waals surface area contributed by atoms with E-state index in [2.05, 4.69) is 10.2 Å². The highest BCUT2D eigenvalue weighted by Gasteiger charge is 2.34. The number of amidine groups is 1. The Morgan fingerprint density at radius 1 is 1.06 bits per heavy atom. The second-order valence-corrected chi connectivity index (χ2v) is 8.48. The van der Waals surface area contributed by atoms with Crippen LogP contribution >= 0.6 is 11.8 Å². The first-order chi connectivity index (χ1) is 16.0. The minimum Gasteiger partial charge on any atom is -0.497 e. The fourth-order valence-electron chi connectivity index (χ4n) is 3.14. The SMILES string of the molecule is COc1ccc(/C=C2\S/C(=N\N=C\c3ccc(N(C)C)cc3)N(Cc3ccco3)C2=O)cc1. The highest BCUT2D eigenvalue weighted by molar-refractivity contribution is 8.18. The van der Waals surface area contributed by atoms with Crippen LogP contribution in [0.4, 0.5) is 5.69 Å². The van der Waals surface area contributed by atoms with Crippen LogP contribution in [0.25, 0.3) is 6.08 Å². The zero-order chi connectivity index (χ0) is 23.2. The summed E-state index contributed by atoms with van der Waals surface area (Å²) in [7, 11) is 5.61. The molecule has 0 radical (unpaired) electrons. The molecule has 0 aliphatic carbocycles. The van der Waals surface area contributed by atoms with E-state index in [1.807, 2.05) is 79.7 Å². The number of rotatable bonds is 7. The third kappa shape index (κ3) is 5.53. The lowest BCUT2D eigenvalue weighted by Gasteiger charge is -2.12. The number of hydrogen-bond acceptors (Lipinski definition) is 7. The molecular formula is C25H24N4O3S. The molecule has 0 unspecified atom stereocenters. The molecule has 1 saturated heterocycles. The van der Waals surface area contributed by atoms with Crippen LogP contribution in [0.1, 0.15) is 16.9 Å². The Kier molecular flexibility index (Phi) is 6.95. The second-order valence-electron chi connectivity index (χ2n) is 7.47. The molecule has 1 aliphatic heterocycles. The highest BCUT2D eigenvalue weighted by atomic mass is 32.2. The Balaban J connectivity index is 1.57. The molecule has 0 saturated carbocycles. The smallest absolute Gasteiger partial charge is 0.267 e. The molecule has 0 N–H and O–H groups in total. The molecule has 1 amide bonds. The van der Waals surface area contributed by atoms with E-state index >= 15 is 0 Å². The van der Waals surface area contributed by atoms with E-state index in [0.717, 1.165) is 22.6 Å². The number of thioether (sulfide) groups is 1. The van der Waals surface area contributed by atoms with Crippen LogP contribution in [0.5, 0.6) is 5.75 Å². The average Bonchev–Trinajstić information content (AvgIpc) is 3.44. The topological polar surface area (TPSA) is 70.6 Å². The summed E-state index contributed by atoms with van der Waals surface area (Å²) >= 11 is 1.29. The Hall–Kier alpha value is -3.78. The van der Waals surface area contributed by atoms with E-state index in [9.17, 15) is 4.79 Å². The normalized spacial score (nSPS) is 16.3. The summed E-state index contributed by atoms with van der Waals surface area (Å²) in [4.78, 5) is 17.3. The molecule has 0 spiro atoms. The maximum Gasteiger partial charge on any atom is 0.267 e. The number of benzene rings is 2. The van der Waals surface area contributed by atoms with Gasteiger partial charge in [0.1, 0.15) is 11.5 Å². The molecule has 1 aromatic heterocycles. The zero-order valence-corrected chi connectivity index (χ0v) is 19.5. The van der Waals surface area contributed by atoms with Crippen LogP contribution < -0.4 is 9.64 Å². The van der Waals surface area contributed by atoms with E-state index in [0.29, 0.717) is 15.8 Å². The zero-order valence-electron chi connectivity index (χ0n) is 18.6. The number of furan rings is 1. The Morgan fingerprint density at radius 3 is 2.42 bits per heavy atom. The summed E-state index contributed by atoms with van der Waals surface area (Å²) in [5.41, 5.74) is 2.93. The summed E-state index contributed by atoms with van der Waals surface area (Å²) in [5, 5.41) is 9.08. The van der Waals surface area contributed by atoms with Crippen molar-refractivity contribution >= 4 is 40.8 Å². The Morgan fingerprint density at radius 2 is 1.79 bits per heavy atom. The van der Waals surface area contributed by atoms with Gasteiger partial charge in [-0.3, -0.25) is 9.69 Å². The molecule has 1 aliphatic rings. The molecule has 2 heterocycles. The molecule has 1 fully saturated rings. The molecule has 3 aromatic rings. The van der Waals surface area contributed by atoms with Crippen molar-refractivity contribution in [2.24, 2.45) is 10.2 Å². The van der Waals surface area contributed by atoms with Crippen molar-refractivity contribution in [3.05, 3.63) is 88.7 Å². The number of amides is 1. The first-order valence-corrected chi connectivity index (χ1v) is 11.1. The quantitative estimate of drug-likeness (QED) is 0.286. The number of ether oxygens (including phenoxy) is 1. The van der Waals surface area contributed by atoms with Crippen molar-refractivity contribution in [3.8, 4) is 5.75 Å². The van der Waals surface area contributed by atoms with Gasteiger partial charge in [0.2, 0.25) is 0 Å². The average molecular weight is 461 g/mol. The van der Waals surface area contributed by atoms with Crippen LogP contribution in [0, 0.1) is 0 Å². The second kappa shape index (κ2) is 10.2. The fourth-order valence-corrected chi connectivity index (χ4v) is 4.07. The molecule has 0 bridgehead atoms. The molecular weight excluding hydrogens is 436 g/mol. The van der Waals surface area contributed by atoms with Crippen LogP contribution in [0.15, 0.2) is 86.5 Å². The fraction of sp³-hybridized carbons (Fsp3) is 0.160. The van der Waals surface area contributed by atoms with Gasteiger partial charge in [-0.2, -0.15) is 5.10 Å². The van der Waals surface area contributed by atoms with Crippen molar-refractivity contribution < 1.29 is 13.9 Å². The number of carbonyl (C=O) groups excluding carboxylic acids is 1. The number of anilines is 1. The van der Waals surface area contributed by atoms with Gasteiger partial charge >= 0.3 is 0 Å². The maximum atomic E-state index is 13.1. The Bertz CT molecular complexity index is 1180. The van der Waals surface area contributed by atoms with Gasteiger partial charge in [-0.15, -0.1) is 5.10 Å². The van der Waals surface area contributed by atoms with Gasteiger partial charge in [-0.1, -0.05) is 24.3 Å². The predicted molar refractivity (Wildman–Crippen MR) is 134 cm³/mol. The van der Waals surface area contributed by atoms with E-state index in [1.165, 1.54) is 11.8 Å². The van der Waals surface area contributed by atoms with Crippen molar-refractivity contribution in [2.45, 2.75) is 6.54 Å². The molecule has 33 heavy (non-hydrogen) atoms. The third-order valence-corrected chi connectivity index (χ3v) is 5.95. The first kappa shape index (κ1) is 22.4. The van der Waals surface area contributed by atoms with Crippen LogP contribution in [-0.2, 0) is 11.3 Å². The monoisotopic (exact) mass is 460 g/mol. The summed E-state index contributed by atoms with van der Waals surface area (Å²) in [6, 6.07) is 19.1. The largest absolute Gasteiger partial charge is 0.497 e. The van der Waals surface area contributed by atoms with Gasteiger partial charge in [-0.05, 0) is 65.4 Å². The van der Waals surface area contributed by atoms with Gasteiger partial charge in [0.25, 0.3) is 5.91 Å². The minimum absolute atomic E-state index is 0.142. The number of hydrogen-bond donors (Lipinski definition) is 0. The first-order valence-electron chi connectivity index (χ1n) is 10.3.